The minimum absolute atomic E-state index is 0.0187. The van der Waals surface area contributed by atoms with Crippen LogP contribution in [0.3, 0.4) is 0 Å². The first-order valence-electron chi connectivity index (χ1n) is 7.91. The molecule has 0 bridgehead atoms. The molecule has 6 heteroatoms. The van der Waals surface area contributed by atoms with E-state index in [4.69, 9.17) is 0 Å². The normalized spacial score (nSPS) is 23.2. The molecule has 1 saturated carbocycles. The summed E-state index contributed by atoms with van der Waals surface area (Å²) in [4.78, 5) is 18.8. The van der Waals surface area contributed by atoms with Crippen molar-refractivity contribution in [2.24, 2.45) is 0 Å². The number of carbonyl (C=O) groups excluding carboxylic acids is 1. The number of nitrogens with zero attached hydrogens (tertiary/aromatic N) is 3. The molecular formula is C15H25N5O. The molecule has 2 aliphatic rings. The van der Waals surface area contributed by atoms with E-state index in [-0.39, 0.29) is 17.5 Å². The Bertz CT molecular complexity index is 514. The quantitative estimate of drug-likeness (QED) is 0.878. The Hall–Kier alpha value is -1.59. The van der Waals surface area contributed by atoms with Gasteiger partial charge in [0.05, 0.1) is 0 Å². The Morgan fingerprint density at radius 3 is 2.71 bits per heavy atom. The van der Waals surface area contributed by atoms with Gasteiger partial charge >= 0.3 is 6.03 Å². The zero-order valence-electron chi connectivity index (χ0n) is 13.1. The van der Waals surface area contributed by atoms with Gasteiger partial charge in [-0.25, -0.2) is 9.78 Å². The van der Waals surface area contributed by atoms with Gasteiger partial charge in [-0.2, -0.15) is 5.10 Å². The van der Waals surface area contributed by atoms with Crippen LogP contribution in [0.25, 0.3) is 0 Å². The Morgan fingerprint density at radius 1 is 1.29 bits per heavy atom. The highest BCUT2D eigenvalue weighted by molar-refractivity contribution is 5.75. The smallest absolute Gasteiger partial charge is 0.317 e. The minimum atomic E-state index is -0.201. The average molecular weight is 291 g/mol. The van der Waals surface area contributed by atoms with E-state index in [1.807, 2.05) is 25.7 Å². The number of nitrogens with one attached hydrogen (secondary N) is 2. The molecule has 1 aliphatic carbocycles. The van der Waals surface area contributed by atoms with Crippen LogP contribution >= 0.6 is 0 Å². The predicted octanol–water partition coefficient (Wildman–Crippen LogP) is 2.37. The van der Waals surface area contributed by atoms with Crippen LogP contribution in [0, 0.1) is 0 Å². The van der Waals surface area contributed by atoms with Crippen LogP contribution in [0.15, 0.2) is 0 Å². The zero-order valence-corrected chi connectivity index (χ0v) is 13.1. The Kier molecular flexibility index (Phi) is 3.63. The van der Waals surface area contributed by atoms with Crippen molar-refractivity contribution in [3.63, 3.8) is 0 Å². The van der Waals surface area contributed by atoms with Gasteiger partial charge in [0.25, 0.3) is 0 Å². The predicted molar refractivity (Wildman–Crippen MR) is 80.2 cm³/mol. The molecule has 116 valence electrons. The Balaban J connectivity index is 1.63. The molecule has 1 aliphatic heterocycles. The number of hydrogen-bond donors (Lipinski definition) is 2. The van der Waals surface area contributed by atoms with Crippen LogP contribution < -0.4 is 5.32 Å². The summed E-state index contributed by atoms with van der Waals surface area (Å²) in [5, 5.41) is 10.5. The lowest BCUT2D eigenvalue weighted by molar-refractivity contribution is 0.170. The molecule has 1 aromatic rings. The number of urea groups is 1. The number of carbonyl (C=O) groups is 1. The van der Waals surface area contributed by atoms with Crippen molar-refractivity contribution in [3.05, 3.63) is 11.6 Å². The van der Waals surface area contributed by atoms with Crippen LogP contribution in [0.4, 0.5) is 4.79 Å². The van der Waals surface area contributed by atoms with Crippen molar-refractivity contribution in [2.45, 2.75) is 63.8 Å². The molecule has 1 aromatic heterocycles. The van der Waals surface area contributed by atoms with Crippen molar-refractivity contribution in [2.75, 3.05) is 13.1 Å². The summed E-state index contributed by atoms with van der Waals surface area (Å²) < 4.78 is 0. The van der Waals surface area contributed by atoms with E-state index >= 15 is 0 Å². The molecule has 3 rings (SSSR count). The fourth-order valence-corrected chi connectivity index (χ4v) is 2.78. The van der Waals surface area contributed by atoms with Gasteiger partial charge in [-0.1, -0.05) is 0 Å². The van der Waals surface area contributed by atoms with Gasteiger partial charge in [0.15, 0.2) is 5.82 Å². The summed E-state index contributed by atoms with van der Waals surface area (Å²) in [7, 11) is 0. The maximum atomic E-state index is 12.3. The second-order valence-electron chi connectivity index (χ2n) is 7.32. The molecule has 2 fully saturated rings. The molecule has 1 atom stereocenters. The number of hydrogen-bond acceptors (Lipinski definition) is 3. The third-order valence-corrected chi connectivity index (χ3v) is 4.04. The molecule has 6 nitrogen and oxygen atoms in total. The number of H-pyrrole nitrogens is 1. The molecule has 2 N–H and O–H groups in total. The zero-order chi connectivity index (χ0) is 15.0. The summed E-state index contributed by atoms with van der Waals surface area (Å²) >= 11 is 0. The van der Waals surface area contributed by atoms with E-state index in [2.05, 4.69) is 20.5 Å². The fraction of sp³-hybridized carbons (Fsp3) is 0.800. The standard InChI is InChI=1S/C15H25N5O/c1-15(2,3)17-14(21)20-8-4-5-11(9-20)13-16-12(18-19-13)10-6-7-10/h10-11H,4-9H2,1-3H3,(H,17,21)(H,16,18,19)/t11-/m0/s1. The Morgan fingerprint density at radius 2 is 2.05 bits per heavy atom. The maximum Gasteiger partial charge on any atom is 0.317 e. The summed E-state index contributed by atoms with van der Waals surface area (Å²) in [5.74, 6) is 2.76. The highest BCUT2D eigenvalue weighted by Crippen LogP contribution is 2.38. The minimum Gasteiger partial charge on any atom is -0.333 e. The summed E-state index contributed by atoms with van der Waals surface area (Å²) in [5.41, 5.74) is -0.201. The SMILES string of the molecule is CC(C)(C)NC(=O)N1CCC[C@H](c2n[nH]c(C3CC3)n2)C1. The van der Waals surface area contributed by atoms with E-state index in [0.717, 1.165) is 31.0 Å². The summed E-state index contributed by atoms with van der Waals surface area (Å²) in [6, 6.07) is 0.0187. The number of rotatable bonds is 2. The van der Waals surface area contributed by atoms with E-state index < -0.39 is 0 Å². The summed E-state index contributed by atoms with van der Waals surface area (Å²) in [6.07, 6.45) is 4.51. The summed E-state index contributed by atoms with van der Waals surface area (Å²) in [6.45, 7) is 7.54. The Labute approximate surface area is 125 Å². The van der Waals surface area contributed by atoms with E-state index in [9.17, 15) is 4.79 Å². The number of amides is 2. The highest BCUT2D eigenvalue weighted by atomic mass is 16.2. The van der Waals surface area contributed by atoms with Gasteiger partial charge in [-0.3, -0.25) is 5.10 Å². The first-order valence-corrected chi connectivity index (χ1v) is 7.91. The van der Waals surface area contributed by atoms with Crippen molar-refractivity contribution in [1.82, 2.24) is 25.4 Å². The third-order valence-electron chi connectivity index (χ3n) is 4.04. The van der Waals surface area contributed by atoms with Crippen LogP contribution in [-0.2, 0) is 0 Å². The molecular weight excluding hydrogens is 266 g/mol. The molecule has 2 heterocycles. The molecule has 21 heavy (non-hydrogen) atoms. The lowest BCUT2D eigenvalue weighted by Gasteiger charge is -2.34. The highest BCUT2D eigenvalue weighted by Gasteiger charge is 2.31. The monoisotopic (exact) mass is 291 g/mol. The number of piperidine rings is 1. The van der Waals surface area contributed by atoms with Gasteiger partial charge in [0, 0.05) is 30.5 Å². The van der Waals surface area contributed by atoms with Crippen LogP contribution in [0.1, 0.15) is 69.9 Å². The van der Waals surface area contributed by atoms with Crippen molar-refractivity contribution in [1.29, 1.82) is 0 Å². The number of aromatic amines is 1. The lowest BCUT2D eigenvalue weighted by atomic mass is 9.97. The molecule has 0 radical (unpaired) electrons. The van der Waals surface area contributed by atoms with Crippen molar-refractivity contribution < 1.29 is 4.79 Å². The van der Waals surface area contributed by atoms with E-state index in [1.165, 1.54) is 12.8 Å². The molecule has 1 saturated heterocycles. The fourth-order valence-electron chi connectivity index (χ4n) is 2.78. The van der Waals surface area contributed by atoms with E-state index in [1.54, 1.807) is 0 Å². The number of aromatic nitrogens is 3. The van der Waals surface area contributed by atoms with Crippen molar-refractivity contribution >= 4 is 6.03 Å². The van der Waals surface area contributed by atoms with Gasteiger partial charge in [0.2, 0.25) is 0 Å². The van der Waals surface area contributed by atoms with E-state index in [0.29, 0.717) is 12.5 Å². The second kappa shape index (κ2) is 5.31. The average Bonchev–Trinajstić information content (AvgIpc) is 3.15. The topological polar surface area (TPSA) is 73.9 Å². The van der Waals surface area contributed by atoms with Crippen molar-refractivity contribution in [3.8, 4) is 0 Å². The first kappa shape index (κ1) is 14.4. The van der Waals surface area contributed by atoms with Gasteiger partial charge in [0.1, 0.15) is 5.82 Å². The molecule has 0 aromatic carbocycles. The molecule has 2 amide bonds. The second-order valence-corrected chi connectivity index (χ2v) is 7.32. The molecule has 0 unspecified atom stereocenters. The number of likely N-dealkylation sites (tertiary alicyclic amines) is 1. The molecule has 0 spiro atoms. The van der Waals surface area contributed by atoms with Gasteiger partial charge in [-0.05, 0) is 46.5 Å². The van der Waals surface area contributed by atoms with Crippen LogP contribution in [-0.4, -0.2) is 44.7 Å². The van der Waals surface area contributed by atoms with Crippen LogP contribution in [0.5, 0.6) is 0 Å². The van der Waals surface area contributed by atoms with Crippen LogP contribution in [0.2, 0.25) is 0 Å². The maximum absolute atomic E-state index is 12.3. The third kappa shape index (κ3) is 3.54. The lowest BCUT2D eigenvalue weighted by Crippen LogP contribution is -2.51. The first-order chi connectivity index (χ1) is 9.92. The van der Waals surface area contributed by atoms with Gasteiger partial charge in [-0.15, -0.1) is 0 Å². The van der Waals surface area contributed by atoms with Gasteiger partial charge < -0.3 is 10.2 Å². The largest absolute Gasteiger partial charge is 0.333 e.